The molecule has 1 aromatic rings. The quantitative estimate of drug-likeness (QED) is 0.668. The van der Waals surface area contributed by atoms with Crippen LogP contribution in [-0.2, 0) is 0 Å². The maximum atomic E-state index is 3.75. The number of benzene rings is 1. The first-order valence-corrected chi connectivity index (χ1v) is 3.93. The maximum absolute atomic E-state index is 3.75. The number of rotatable bonds is 3. The summed E-state index contributed by atoms with van der Waals surface area (Å²) < 4.78 is 0. The van der Waals surface area contributed by atoms with E-state index in [1.165, 1.54) is 5.56 Å². The van der Waals surface area contributed by atoms with Gasteiger partial charge < -0.3 is 5.32 Å². The summed E-state index contributed by atoms with van der Waals surface area (Å²) in [7, 11) is 1.88. The van der Waals surface area contributed by atoms with E-state index in [0.717, 1.165) is 5.57 Å². The van der Waals surface area contributed by atoms with Crippen molar-refractivity contribution in [3.63, 3.8) is 0 Å². The van der Waals surface area contributed by atoms with E-state index < -0.39 is 0 Å². The van der Waals surface area contributed by atoms with Crippen LogP contribution < -0.4 is 5.32 Å². The molecule has 0 aliphatic rings. The third kappa shape index (κ3) is 1.99. The molecule has 0 spiro atoms. The van der Waals surface area contributed by atoms with Gasteiger partial charge in [-0.15, -0.1) is 0 Å². The summed E-state index contributed by atoms with van der Waals surface area (Å²) in [5.41, 5.74) is 2.29. The van der Waals surface area contributed by atoms with Gasteiger partial charge in [0.1, 0.15) is 0 Å². The van der Waals surface area contributed by atoms with E-state index in [1.807, 2.05) is 37.5 Å². The average Bonchev–Trinajstić information content (AvgIpc) is 2.15. The van der Waals surface area contributed by atoms with Gasteiger partial charge in [-0.05, 0) is 11.1 Å². The Morgan fingerprint density at radius 2 is 2.00 bits per heavy atom. The summed E-state index contributed by atoms with van der Waals surface area (Å²) in [6.45, 7) is 3.75. The van der Waals surface area contributed by atoms with Gasteiger partial charge in [-0.25, -0.2) is 0 Å². The number of nitrogens with one attached hydrogen (secondary N) is 1. The van der Waals surface area contributed by atoms with Crippen molar-refractivity contribution in [3.05, 3.63) is 54.8 Å². The van der Waals surface area contributed by atoms with E-state index in [9.17, 15) is 0 Å². The SMILES string of the molecule is C=C/C(=C\NC)c1ccccc1. The molecule has 0 aliphatic heterocycles. The molecule has 0 saturated carbocycles. The zero-order chi connectivity index (χ0) is 8.81. The molecule has 0 amide bonds. The lowest BCUT2D eigenvalue weighted by atomic mass is 10.1. The first-order valence-electron chi connectivity index (χ1n) is 3.93. The molecule has 0 heterocycles. The van der Waals surface area contributed by atoms with Crippen LogP contribution in [0.4, 0.5) is 0 Å². The molecule has 0 fully saturated rings. The molecule has 1 heteroatoms. The van der Waals surface area contributed by atoms with Crippen molar-refractivity contribution >= 4 is 5.57 Å². The minimum atomic E-state index is 1.11. The minimum Gasteiger partial charge on any atom is -0.393 e. The van der Waals surface area contributed by atoms with Crippen LogP contribution in [0.3, 0.4) is 0 Å². The largest absolute Gasteiger partial charge is 0.393 e. The van der Waals surface area contributed by atoms with Gasteiger partial charge in [0.25, 0.3) is 0 Å². The zero-order valence-corrected chi connectivity index (χ0v) is 7.25. The Balaban J connectivity index is 2.96. The molecule has 62 valence electrons. The van der Waals surface area contributed by atoms with Crippen LogP contribution in [-0.4, -0.2) is 7.05 Å². The topological polar surface area (TPSA) is 12.0 Å². The summed E-state index contributed by atoms with van der Waals surface area (Å²) in [5.74, 6) is 0. The van der Waals surface area contributed by atoms with Crippen LogP contribution in [0.15, 0.2) is 49.2 Å². The Hall–Kier alpha value is -1.50. The first-order chi connectivity index (χ1) is 5.88. The highest BCUT2D eigenvalue weighted by Gasteiger charge is 1.92. The van der Waals surface area contributed by atoms with Crippen LogP contribution in [0.5, 0.6) is 0 Å². The molecule has 0 saturated heterocycles. The van der Waals surface area contributed by atoms with Crippen molar-refractivity contribution < 1.29 is 0 Å². The van der Waals surface area contributed by atoms with E-state index in [0.29, 0.717) is 0 Å². The van der Waals surface area contributed by atoms with E-state index in [2.05, 4.69) is 24.0 Å². The maximum Gasteiger partial charge on any atom is 0.00410 e. The Kier molecular flexibility index (Phi) is 3.15. The highest BCUT2D eigenvalue weighted by atomic mass is 14.8. The predicted octanol–water partition coefficient (Wildman–Crippen LogP) is 2.43. The zero-order valence-electron chi connectivity index (χ0n) is 7.25. The predicted molar refractivity (Wildman–Crippen MR) is 53.7 cm³/mol. The second-order valence-corrected chi connectivity index (χ2v) is 2.46. The van der Waals surface area contributed by atoms with Gasteiger partial charge >= 0.3 is 0 Å². The lowest BCUT2D eigenvalue weighted by Gasteiger charge is -2.00. The second kappa shape index (κ2) is 4.39. The Morgan fingerprint density at radius 3 is 2.50 bits per heavy atom. The molecule has 0 unspecified atom stereocenters. The van der Waals surface area contributed by atoms with Crippen molar-refractivity contribution in [2.45, 2.75) is 0 Å². The number of hydrogen-bond acceptors (Lipinski definition) is 1. The molecule has 1 rings (SSSR count). The van der Waals surface area contributed by atoms with Crippen molar-refractivity contribution in [2.24, 2.45) is 0 Å². The van der Waals surface area contributed by atoms with Gasteiger partial charge in [-0.1, -0.05) is 43.0 Å². The Labute approximate surface area is 73.4 Å². The number of allylic oxidation sites excluding steroid dienone is 2. The second-order valence-electron chi connectivity index (χ2n) is 2.46. The fourth-order valence-electron chi connectivity index (χ4n) is 1.05. The highest BCUT2D eigenvalue weighted by molar-refractivity contribution is 5.72. The van der Waals surface area contributed by atoms with Gasteiger partial charge in [-0.2, -0.15) is 0 Å². The van der Waals surface area contributed by atoms with Crippen LogP contribution in [0.25, 0.3) is 5.57 Å². The van der Waals surface area contributed by atoms with Crippen LogP contribution in [0, 0.1) is 0 Å². The fourth-order valence-corrected chi connectivity index (χ4v) is 1.05. The van der Waals surface area contributed by atoms with Crippen LogP contribution in [0.1, 0.15) is 5.56 Å². The Bertz CT molecular complexity index is 272. The molecule has 1 nitrogen and oxygen atoms in total. The lowest BCUT2D eigenvalue weighted by Crippen LogP contribution is -1.94. The van der Waals surface area contributed by atoms with Crippen LogP contribution in [0.2, 0.25) is 0 Å². The monoisotopic (exact) mass is 159 g/mol. The van der Waals surface area contributed by atoms with Gasteiger partial charge in [-0.3, -0.25) is 0 Å². The molecular formula is C11H13N. The summed E-state index contributed by atoms with van der Waals surface area (Å²) in [6.07, 6.45) is 3.77. The van der Waals surface area contributed by atoms with E-state index in [-0.39, 0.29) is 0 Å². The minimum absolute atomic E-state index is 1.11. The molecule has 0 atom stereocenters. The Morgan fingerprint density at radius 1 is 1.33 bits per heavy atom. The van der Waals surface area contributed by atoms with Crippen molar-refractivity contribution in [1.29, 1.82) is 0 Å². The number of hydrogen-bond donors (Lipinski definition) is 1. The smallest absolute Gasteiger partial charge is 0.00410 e. The normalized spacial score (nSPS) is 10.9. The van der Waals surface area contributed by atoms with Gasteiger partial charge in [0.05, 0.1) is 0 Å². The van der Waals surface area contributed by atoms with E-state index >= 15 is 0 Å². The standard InChI is InChI=1S/C11H13N/c1-3-10(9-12-2)11-7-5-4-6-8-11/h3-9,12H,1H2,2H3/b10-9+. The summed E-state index contributed by atoms with van der Waals surface area (Å²) in [6, 6.07) is 10.2. The highest BCUT2D eigenvalue weighted by Crippen LogP contribution is 2.12. The third-order valence-electron chi connectivity index (χ3n) is 1.63. The summed E-state index contributed by atoms with van der Waals surface area (Å²) in [4.78, 5) is 0. The van der Waals surface area contributed by atoms with Crippen LogP contribution >= 0.6 is 0 Å². The molecule has 0 bridgehead atoms. The molecular weight excluding hydrogens is 146 g/mol. The third-order valence-corrected chi connectivity index (χ3v) is 1.63. The first kappa shape index (κ1) is 8.60. The van der Waals surface area contributed by atoms with Crippen molar-refractivity contribution in [3.8, 4) is 0 Å². The average molecular weight is 159 g/mol. The van der Waals surface area contributed by atoms with Gasteiger partial charge in [0, 0.05) is 13.2 Å². The summed E-state index contributed by atoms with van der Waals surface area (Å²) in [5, 5.41) is 2.98. The van der Waals surface area contributed by atoms with Crippen molar-refractivity contribution in [2.75, 3.05) is 7.05 Å². The molecule has 0 aromatic heterocycles. The molecule has 0 aliphatic carbocycles. The molecule has 1 aromatic carbocycles. The van der Waals surface area contributed by atoms with Gasteiger partial charge in [0.15, 0.2) is 0 Å². The lowest BCUT2D eigenvalue weighted by molar-refractivity contribution is 1.11. The summed E-state index contributed by atoms with van der Waals surface area (Å²) >= 11 is 0. The van der Waals surface area contributed by atoms with Gasteiger partial charge in [0.2, 0.25) is 0 Å². The molecule has 1 N–H and O–H groups in total. The van der Waals surface area contributed by atoms with E-state index in [1.54, 1.807) is 0 Å². The molecule has 12 heavy (non-hydrogen) atoms. The van der Waals surface area contributed by atoms with E-state index in [4.69, 9.17) is 0 Å². The fraction of sp³-hybridized carbons (Fsp3) is 0.0909. The van der Waals surface area contributed by atoms with Crippen molar-refractivity contribution in [1.82, 2.24) is 5.32 Å². The molecule has 0 radical (unpaired) electrons.